The highest BCUT2D eigenvalue weighted by Gasteiger charge is 2.31. The van der Waals surface area contributed by atoms with Crippen LogP contribution in [0, 0.1) is 0 Å². The van der Waals surface area contributed by atoms with Crippen LogP contribution in [0.25, 0.3) is 0 Å². The van der Waals surface area contributed by atoms with Gasteiger partial charge in [0.15, 0.2) is 0 Å². The van der Waals surface area contributed by atoms with Gasteiger partial charge in [-0.2, -0.15) is 0 Å². The number of hydrogen-bond donors (Lipinski definition) is 2. The number of benzene rings is 1. The summed E-state index contributed by atoms with van der Waals surface area (Å²) in [6.45, 7) is 1.02. The number of amides is 2. The largest absolute Gasteiger partial charge is 0.395 e. The number of nitrogens with one attached hydrogen (secondary N) is 1. The first-order valence-corrected chi connectivity index (χ1v) is 6.98. The lowest BCUT2D eigenvalue weighted by Gasteiger charge is -2.21. The second-order valence-corrected chi connectivity index (χ2v) is 5.19. The van der Waals surface area contributed by atoms with Crippen LogP contribution < -0.4 is 5.32 Å². The number of rotatable bonds is 6. The highest BCUT2D eigenvalue weighted by molar-refractivity contribution is 6.30. The summed E-state index contributed by atoms with van der Waals surface area (Å²) in [5.41, 5.74) is 1.14. The lowest BCUT2D eigenvalue weighted by molar-refractivity contribution is 0.174. The minimum atomic E-state index is -0.0782. The third-order valence-electron chi connectivity index (χ3n) is 3.19. The summed E-state index contributed by atoms with van der Waals surface area (Å²) < 4.78 is 0. The van der Waals surface area contributed by atoms with E-state index in [9.17, 15) is 4.79 Å². The molecule has 0 atom stereocenters. The van der Waals surface area contributed by atoms with Crippen LogP contribution in [0.4, 0.5) is 4.79 Å². The zero-order valence-corrected chi connectivity index (χ0v) is 11.6. The second-order valence-electron chi connectivity index (χ2n) is 4.76. The van der Waals surface area contributed by atoms with Crippen molar-refractivity contribution in [2.45, 2.75) is 25.3 Å². The van der Waals surface area contributed by atoms with E-state index >= 15 is 0 Å². The van der Waals surface area contributed by atoms with Gasteiger partial charge in [-0.05, 0) is 37.0 Å². The SMILES string of the molecule is O=C(NCCc1ccc(Cl)cc1)N(CCO)C1CC1. The van der Waals surface area contributed by atoms with E-state index in [1.165, 1.54) is 0 Å². The van der Waals surface area contributed by atoms with Gasteiger partial charge in [0.25, 0.3) is 0 Å². The van der Waals surface area contributed by atoms with Crippen LogP contribution in [0.3, 0.4) is 0 Å². The number of halogens is 1. The van der Waals surface area contributed by atoms with E-state index in [2.05, 4.69) is 5.32 Å². The summed E-state index contributed by atoms with van der Waals surface area (Å²) in [4.78, 5) is 13.7. The summed E-state index contributed by atoms with van der Waals surface area (Å²) in [7, 11) is 0. The fraction of sp³-hybridized carbons (Fsp3) is 0.500. The van der Waals surface area contributed by atoms with Gasteiger partial charge in [-0.15, -0.1) is 0 Å². The van der Waals surface area contributed by atoms with Gasteiger partial charge in [0.1, 0.15) is 0 Å². The van der Waals surface area contributed by atoms with Crippen molar-refractivity contribution in [2.24, 2.45) is 0 Å². The summed E-state index contributed by atoms with van der Waals surface area (Å²) in [6.07, 6.45) is 2.87. The van der Waals surface area contributed by atoms with Crippen LogP contribution in [0.5, 0.6) is 0 Å². The van der Waals surface area contributed by atoms with Gasteiger partial charge >= 0.3 is 6.03 Å². The van der Waals surface area contributed by atoms with Gasteiger partial charge in [0.2, 0.25) is 0 Å². The minimum absolute atomic E-state index is 0.0150. The molecule has 2 amide bonds. The molecule has 1 aliphatic rings. The Labute approximate surface area is 118 Å². The number of carbonyl (C=O) groups is 1. The molecular formula is C14H19ClN2O2. The molecule has 1 aromatic rings. The predicted octanol–water partition coefficient (Wildman–Crippen LogP) is 2.05. The smallest absolute Gasteiger partial charge is 0.317 e. The van der Waals surface area contributed by atoms with Crippen LogP contribution in [-0.2, 0) is 6.42 Å². The van der Waals surface area contributed by atoms with Crippen LogP contribution >= 0.6 is 11.6 Å². The molecule has 0 aliphatic heterocycles. The molecule has 0 aromatic heterocycles. The van der Waals surface area contributed by atoms with E-state index < -0.39 is 0 Å². The average Bonchev–Trinajstić information content (AvgIpc) is 3.22. The maximum Gasteiger partial charge on any atom is 0.317 e. The first-order chi connectivity index (χ1) is 9.20. The monoisotopic (exact) mass is 282 g/mol. The van der Waals surface area contributed by atoms with E-state index in [1.54, 1.807) is 4.90 Å². The van der Waals surface area contributed by atoms with Crippen molar-refractivity contribution in [1.29, 1.82) is 0 Å². The Morgan fingerprint density at radius 1 is 1.37 bits per heavy atom. The summed E-state index contributed by atoms with van der Waals surface area (Å²) >= 11 is 5.81. The third kappa shape index (κ3) is 4.40. The van der Waals surface area contributed by atoms with Crippen LogP contribution in [0.1, 0.15) is 18.4 Å². The molecule has 0 unspecified atom stereocenters. The normalized spacial score (nSPS) is 14.2. The van der Waals surface area contributed by atoms with Gasteiger partial charge in [-0.3, -0.25) is 0 Å². The summed E-state index contributed by atoms with van der Waals surface area (Å²) in [6, 6.07) is 7.86. The predicted molar refractivity (Wildman–Crippen MR) is 75.4 cm³/mol. The van der Waals surface area contributed by atoms with Crippen LogP contribution in [0.15, 0.2) is 24.3 Å². The average molecular weight is 283 g/mol. The zero-order valence-electron chi connectivity index (χ0n) is 10.8. The standard InChI is InChI=1S/C14H19ClN2O2/c15-12-3-1-11(2-4-12)7-8-16-14(19)17(9-10-18)13-5-6-13/h1-4,13,18H,5-10H2,(H,16,19). The molecule has 1 saturated carbocycles. The molecule has 1 aromatic carbocycles. The van der Waals surface area contributed by atoms with E-state index in [0.29, 0.717) is 19.1 Å². The molecule has 104 valence electrons. The molecule has 0 saturated heterocycles. The third-order valence-corrected chi connectivity index (χ3v) is 3.44. The second kappa shape index (κ2) is 6.78. The fourth-order valence-corrected chi connectivity index (χ4v) is 2.14. The number of aliphatic hydroxyl groups is 1. The summed E-state index contributed by atoms with van der Waals surface area (Å²) in [5.74, 6) is 0. The van der Waals surface area contributed by atoms with Gasteiger partial charge in [-0.1, -0.05) is 23.7 Å². The lowest BCUT2D eigenvalue weighted by Crippen LogP contribution is -2.43. The molecule has 0 heterocycles. The molecule has 2 N–H and O–H groups in total. The Morgan fingerprint density at radius 3 is 2.63 bits per heavy atom. The number of hydrogen-bond acceptors (Lipinski definition) is 2. The Bertz CT molecular complexity index is 418. The first-order valence-electron chi connectivity index (χ1n) is 6.60. The van der Waals surface area contributed by atoms with Crippen molar-refractivity contribution in [2.75, 3.05) is 19.7 Å². The maximum absolute atomic E-state index is 11.9. The molecule has 0 bridgehead atoms. The number of urea groups is 1. The van der Waals surface area contributed by atoms with Gasteiger partial charge in [-0.25, -0.2) is 4.79 Å². The highest BCUT2D eigenvalue weighted by atomic mass is 35.5. The molecule has 19 heavy (non-hydrogen) atoms. The van der Waals surface area contributed by atoms with E-state index in [4.69, 9.17) is 16.7 Å². The molecule has 5 heteroatoms. The quantitative estimate of drug-likeness (QED) is 0.839. The Kier molecular flexibility index (Phi) is 5.05. The van der Waals surface area contributed by atoms with Gasteiger partial charge < -0.3 is 15.3 Å². The van der Waals surface area contributed by atoms with E-state index in [1.807, 2.05) is 24.3 Å². The molecule has 0 radical (unpaired) electrons. The van der Waals surface area contributed by atoms with Crippen molar-refractivity contribution < 1.29 is 9.90 Å². The van der Waals surface area contributed by atoms with Crippen molar-refractivity contribution in [3.05, 3.63) is 34.9 Å². The van der Waals surface area contributed by atoms with Crippen LogP contribution in [0.2, 0.25) is 5.02 Å². The van der Waals surface area contributed by atoms with Crippen molar-refractivity contribution in [3.8, 4) is 0 Å². The van der Waals surface area contributed by atoms with Crippen molar-refractivity contribution in [3.63, 3.8) is 0 Å². The van der Waals surface area contributed by atoms with Gasteiger partial charge in [0.05, 0.1) is 6.61 Å². The molecule has 0 spiro atoms. The molecule has 2 rings (SSSR count). The van der Waals surface area contributed by atoms with Crippen molar-refractivity contribution >= 4 is 17.6 Å². The molecule has 4 nitrogen and oxygen atoms in total. The Morgan fingerprint density at radius 2 is 2.05 bits per heavy atom. The molecule has 1 fully saturated rings. The Hall–Kier alpha value is -1.26. The van der Waals surface area contributed by atoms with E-state index in [-0.39, 0.29) is 12.6 Å². The highest BCUT2D eigenvalue weighted by Crippen LogP contribution is 2.26. The molecule has 1 aliphatic carbocycles. The van der Waals surface area contributed by atoms with Crippen molar-refractivity contribution in [1.82, 2.24) is 10.2 Å². The summed E-state index contributed by atoms with van der Waals surface area (Å²) in [5, 5.41) is 12.6. The first kappa shape index (κ1) is 14.2. The lowest BCUT2D eigenvalue weighted by atomic mass is 10.1. The topological polar surface area (TPSA) is 52.6 Å². The maximum atomic E-state index is 11.9. The van der Waals surface area contributed by atoms with E-state index in [0.717, 1.165) is 29.8 Å². The fourth-order valence-electron chi connectivity index (χ4n) is 2.01. The zero-order chi connectivity index (χ0) is 13.7. The van der Waals surface area contributed by atoms with Crippen LogP contribution in [-0.4, -0.2) is 41.8 Å². The molecular weight excluding hydrogens is 264 g/mol. The number of carbonyl (C=O) groups excluding carboxylic acids is 1. The van der Waals surface area contributed by atoms with Gasteiger partial charge in [0, 0.05) is 24.2 Å². The minimum Gasteiger partial charge on any atom is -0.395 e. The number of nitrogens with zero attached hydrogens (tertiary/aromatic N) is 1. The Balaban J connectivity index is 1.75. The number of aliphatic hydroxyl groups excluding tert-OH is 1.